The number of thiophene rings is 1. The van der Waals surface area contributed by atoms with Gasteiger partial charge in [-0.05, 0) is 29.8 Å². The van der Waals surface area contributed by atoms with Crippen molar-refractivity contribution in [3.05, 3.63) is 69.8 Å². The zero-order valence-electron chi connectivity index (χ0n) is 14.1. The SMILES string of the molecule is Cc1nc2sccc2c(=O)n1CCNC(=O)c1nccc2ccccc12. The smallest absolute Gasteiger partial charge is 0.270 e. The van der Waals surface area contributed by atoms with Crippen LogP contribution in [0.1, 0.15) is 16.3 Å². The summed E-state index contributed by atoms with van der Waals surface area (Å²) in [5.74, 6) is 0.388. The van der Waals surface area contributed by atoms with Gasteiger partial charge in [-0.1, -0.05) is 24.3 Å². The molecule has 0 saturated carbocycles. The van der Waals surface area contributed by atoms with Gasteiger partial charge in [0.2, 0.25) is 0 Å². The minimum atomic E-state index is -0.253. The van der Waals surface area contributed by atoms with Crippen molar-refractivity contribution >= 4 is 38.2 Å². The number of nitrogens with one attached hydrogen (secondary N) is 1. The molecule has 0 unspecified atom stereocenters. The number of pyridine rings is 1. The predicted molar refractivity (Wildman–Crippen MR) is 103 cm³/mol. The highest BCUT2D eigenvalue weighted by Gasteiger charge is 2.12. The molecule has 6 nitrogen and oxygen atoms in total. The van der Waals surface area contributed by atoms with Gasteiger partial charge in [0.25, 0.3) is 11.5 Å². The lowest BCUT2D eigenvalue weighted by molar-refractivity contribution is 0.0949. The van der Waals surface area contributed by atoms with Crippen LogP contribution in [0.2, 0.25) is 0 Å². The second kappa shape index (κ2) is 6.68. The lowest BCUT2D eigenvalue weighted by Gasteiger charge is -2.11. The van der Waals surface area contributed by atoms with Gasteiger partial charge in [-0.25, -0.2) is 4.98 Å². The first-order valence-electron chi connectivity index (χ1n) is 8.22. The maximum absolute atomic E-state index is 12.5. The van der Waals surface area contributed by atoms with Crippen molar-refractivity contribution in [1.82, 2.24) is 19.9 Å². The molecule has 0 spiro atoms. The third-order valence-corrected chi connectivity index (χ3v) is 5.09. The average molecular weight is 364 g/mol. The molecule has 1 aromatic carbocycles. The van der Waals surface area contributed by atoms with Crippen molar-refractivity contribution in [1.29, 1.82) is 0 Å². The second-order valence-corrected chi connectivity index (χ2v) is 6.79. The molecule has 0 aliphatic rings. The van der Waals surface area contributed by atoms with Crippen molar-refractivity contribution < 1.29 is 4.79 Å². The number of hydrogen-bond acceptors (Lipinski definition) is 5. The Morgan fingerprint density at radius 3 is 2.92 bits per heavy atom. The summed E-state index contributed by atoms with van der Waals surface area (Å²) >= 11 is 1.45. The normalized spacial score (nSPS) is 11.1. The summed E-state index contributed by atoms with van der Waals surface area (Å²) in [7, 11) is 0. The van der Waals surface area contributed by atoms with E-state index in [4.69, 9.17) is 0 Å². The molecule has 7 heteroatoms. The van der Waals surface area contributed by atoms with Gasteiger partial charge in [-0.15, -0.1) is 11.3 Å². The highest BCUT2D eigenvalue weighted by Crippen LogP contribution is 2.16. The molecule has 26 heavy (non-hydrogen) atoms. The summed E-state index contributed by atoms with van der Waals surface area (Å²) in [6, 6.07) is 11.3. The van der Waals surface area contributed by atoms with Crippen LogP contribution < -0.4 is 10.9 Å². The number of aryl methyl sites for hydroxylation is 1. The molecule has 4 rings (SSSR count). The van der Waals surface area contributed by atoms with Gasteiger partial charge in [0.15, 0.2) is 0 Å². The van der Waals surface area contributed by atoms with E-state index in [1.165, 1.54) is 11.3 Å². The largest absolute Gasteiger partial charge is 0.349 e. The number of rotatable bonds is 4. The Morgan fingerprint density at radius 2 is 2.04 bits per heavy atom. The maximum atomic E-state index is 12.5. The molecule has 4 aromatic rings. The molecule has 0 atom stereocenters. The Balaban J connectivity index is 1.53. The monoisotopic (exact) mass is 364 g/mol. The quantitative estimate of drug-likeness (QED) is 0.604. The predicted octanol–water partition coefficient (Wildman–Crippen LogP) is 2.74. The van der Waals surface area contributed by atoms with Crippen molar-refractivity contribution in [2.24, 2.45) is 0 Å². The van der Waals surface area contributed by atoms with E-state index >= 15 is 0 Å². The van der Waals surface area contributed by atoms with E-state index in [0.29, 0.717) is 30.0 Å². The zero-order valence-corrected chi connectivity index (χ0v) is 14.9. The number of nitrogens with zero attached hydrogens (tertiary/aromatic N) is 3. The number of fused-ring (bicyclic) bond motifs is 2. The van der Waals surface area contributed by atoms with Crippen molar-refractivity contribution in [3.63, 3.8) is 0 Å². The minimum absolute atomic E-state index is 0.0775. The van der Waals surface area contributed by atoms with Crippen molar-refractivity contribution in [3.8, 4) is 0 Å². The van der Waals surface area contributed by atoms with Gasteiger partial charge in [0.05, 0.1) is 5.39 Å². The first kappa shape index (κ1) is 16.4. The van der Waals surface area contributed by atoms with Crippen LogP contribution in [0, 0.1) is 6.92 Å². The summed E-state index contributed by atoms with van der Waals surface area (Å²) in [6.07, 6.45) is 1.63. The Morgan fingerprint density at radius 1 is 1.19 bits per heavy atom. The van der Waals surface area contributed by atoms with Crippen molar-refractivity contribution in [2.75, 3.05) is 6.54 Å². The van der Waals surface area contributed by atoms with E-state index in [1.807, 2.05) is 35.7 Å². The van der Waals surface area contributed by atoms with Gasteiger partial charge in [-0.3, -0.25) is 19.1 Å². The van der Waals surface area contributed by atoms with Crippen LogP contribution >= 0.6 is 11.3 Å². The van der Waals surface area contributed by atoms with E-state index in [2.05, 4.69) is 15.3 Å². The van der Waals surface area contributed by atoms with E-state index in [9.17, 15) is 9.59 Å². The van der Waals surface area contributed by atoms with Gasteiger partial charge in [0, 0.05) is 24.7 Å². The molecule has 0 fully saturated rings. The molecule has 0 bridgehead atoms. The summed E-state index contributed by atoms with van der Waals surface area (Å²) in [5.41, 5.74) is 0.310. The van der Waals surface area contributed by atoms with Crippen LogP contribution in [-0.4, -0.2) is 27.0 Å². The number of hydrogen-bond donors (Lipinski definition) is 1. The third kappa shape index (κ3) is 2.86. The van der Waals surface area contributed by atoms with Gasteiger partial charge in [0.1, 0.15) is 16.3 Å². The van der Waals surface area contributed by atoms with E-state index in [0.717, 1.165) is 15.6 Å². The lowest BCUT2D eigenvalue weighted by atomic mass is 10.1. The lowest BCUT2D eigenvalue weighted by Crippen LogP contribution is -2.32. The average Bonchev–Trinajstić information content (AvgIpc) is 3.12. The highest BCUT2D eigenvalue weighted by molar-refractivity contribution is 7.16. The van der Waals surface area contributed by atoms with Crippen LogP contribution in [0.15, 0.2) is 52.8 Å². The van der Waals surface area contributed by atoms with Gasteiger partial charge in [-0.2, -0.15) is 0 Å². The molecule has 1 N–H and O–H groups in total. The molecule has 1 amide bonds. The molecule has 0 aliphatic carbocycles. The molecule has 3 heterocycles. The fraction of sp³-hybridized carbons (Fsp3) is 0.158. The van der Waals surface area contributed by atoms with Crippen LogP contribution in [0.3, 0.4) is 0 Å². The summed E-state index contributed by atoms with van der Waals surface area (Å²) in [5, 5.41) is 7.09. The van der Waals surface area contributed by atoms with E-state index < -0.39 is 0 Å². The fourth-order valence-corrected chi connectivity index (χ4v) is 3.78. The number of carbonyl (C=O) groups excluding carboxylic acids is 1. The molecule has 0 saturated heterocycles. The zero-order chi connectivity index (χ0) is 18.1. The van der Waals surface area contributed by atoms with Gasteiger partial charge >= 0.3 is 0 Å². The Hall–Kier alpha value is -3.06. The Labute approximate surface area is 153 Å². The number of amides is 1. The van der Waals surface area contributed by atoms with Crippen LogP contribution in [-0.2, 0) is 6.54 Å². The van der Waals surface area contributed by atoms with Crippen molar-refractivity contribution in [2.45, 2.75) is 13.5 Å². The first-order valence-corrected chi connectivity index (χ1v) is 9.10. The molecule has 0 aliphatic heterocycles. The van der Waals surface area contributed by atoms with E-state index in [1.54, 1.807) is 23.8 Å². The highest BCUT2D eigenvalue weighted by atomic mass is 32.1. The van der Waals surface area contributed by atoms with Crippen LogP contribution in [0.4, 0.5) is 0 Å². The van der Waals surface area contributed by atoms with Gasteiger partial charge < -0.3 is 5.32 Å². The molecular formula is C19H16N4O2S. The minimum Gasteiger partial charge on any atom is -0.349 e. The maximum Gasteiger partial charge on any atom is 0.270 e. The van der Waals surface area contributed by atoms with E-state index in [-0.39, 0.29) is 11.5 Å². The number of aromatic nitrogens is 3. The second-order valence-electron chi connectivity index (χ2n) is 5.89. The molecule has 0 radical (unpaired) electrons. The Bertz CT molecular complexity index is 1170. The number of carbonyl (C=O) groups is 1. The summed E-state index contributed by atoms with van der Waals surface area (Å²) in [6.45, 7) is 2.48. The molecule has 130 valence electrons. The number of benzene rings is 1. The van der Waals surface area contributed by atoms with Crippen LogP contribution in [0.5, 0.6) is 0 Å². The topological polar surface area (TPSA) is 76.9 Å². The molecule has 3 aromatic heterocycles. The van der Waals surface area contributed by atoms with Crippen LogP contribution in [0.25, 0.3) is 21.0 Å². The fourth-order valence-electron chi connectivity index (χ4n) is 2.98. The Kier molecular flexibility index (Phi) is 4.22. The third-order valence-electron chi connectivity index (χ3n) is 4.28. The summed E-state index contributed by atoms with van der Waals surface area (Å²) < 4.78 is 1.59. The standard InChI is InChI=1S/C19H16N4O2S/c1-12-22-18-15(7-11-26-18)19(25)23(12)10-9-21-17(24)16-14-5-3-2-4-13(14)6-8-20-16/h2-8,11H,9-10H2,1H3,(H,21,24). The first-order chi connectivity index (χ1) is 12.6. The molecular weight excluding hydrogens is 348 g/mol. The summed E-state index contributed by atoms with van der Waals surface area (Å²) in [4.78, 5) is 34.5.